The summed E-state index contributed by atoms with van der Waals surface area (Å²) in [7, 11) is 0. The lowest BCUT2D eigenvalue weighted by Gasteiger charge is -2.07. The summed E-state index contributed by atoms with van der Waals surface area (Å²) < 4.78 is 5.15. The van der Waals surface area contributed by atoms with Crippen LogP contribution in [0.4, 0.5) is 0 Å². The number of carbonyl (C=O) groups is 2. The Balaban J connectivity index is 2.12. The first-order chi connectivity index (χ1) is 11.1. The van der Waals surface area contributed by atoms with Crippen LogP contribution >= 0.6 is 0 Å². The van der Waals surface area contributed by atoms with Gasteiger partial charge >= 0.3 is 5.97 Å². The van der Waals surface area contributed by atoms with Crippen LogP contribution in [0.5, 0.6) is 0 Å². The molecule has 0 radical (unpaired) electrons. The van der Waals surface area contributed by atoms with Gasteiger partial charge in [-0.05, 0) is 24.6 Å². The van der Waals surface area contributed by atoms with Gasteiger partial charge in [0.25, 0.3) is 0 Å². The van der Waals surface area contributed by atoms with Gasteiger partial charge in [0.1, 0.15) is 6.61 Å². The molecule has 0 heterocycles. The average molecular weight is 310 g/mol. The number of hydrogen-bond donors (Lipinski definition) is 1. The molecule has 4 heteroatoms. The van der Waals surface area contributed by atoms with E-state index < -0.39 is 5.97 Å². The number of esters is 1. The van der Waals surface area contributed by atoms with E-state index in [0.717, 1.165) is 5.57 Å². The molecule has 0 aliphatic heterocycles. The molecule has 2 rings (SSSR count). The van der Waals surface area contributed by atoms with E-state index in [2.05, 4.69) is 0 Å². The van der Waals surface area contributed by atoms with Crippen LogP contribution in [0.2, 0.25) is 0 Å². The van der Waals surface area contributed by atoms with Crippen LogP contribution in [0.3, 0.4) is 0 Å². The van der Waals surface area contributed by atoms with Crippen molar-refractivity contribution in [3.05, 3.63) is 82.9 Å². The van der Waals surface area contributed by atoms with E-state index >= 15 is 0 Å². The minimum atomic E-state index is -0.501. The normalized spacial score (nSPS) is 11.1. The predicted molar refractivity (Wildman–Crippen MR) is 87.4 cm³/mol. The van der Waals surface area contributed by atoms with Gasteiger partial charge in [0.2, 0.25) is 0 Å². The second-order valence-electron chi connectivity index (χ2n) is 5.09. The molecule has 0 atom stereocenters. The maximum absolute atomic E-state index is 12.4. The quantitative estimate of drug-likeness (QED) is 0.506. The third-order valence-electron chi connectivity index (χ3n) is 3.27. The fraction of sp³-hybridized carbons (Fsp3) is 0.158. The largest absolute Gasteiger partial charge is 0.458 e. The lowest BCUT2D eigenvalue weighted by atomic mass is 10.0. The molecule has 4 nitrogen and oxygen atoms in total. The molecule has 0 saturated heterocycles. The van der Waals surface area contributed by atoms with E-state index in [-0.39, 0.29) is 19.0 Å². The highest BCUT2D eigenvalue weighted by Crippen LogP contribution is 2.13. The molecule has 0 fully saturated rings. The van der Waals surface area contributed by atoms with Crippen molar-refractivity contribution in [1.82, 2.24) is 0 Å². The van der Waals surface area contributed by atoms with Crippen molar-refractivity contribution in [3.8, 4) is 0 Å². The summed E-state index contributed by atoms with van der Waals surface area (Å²) in [5.74, 6) is -0.644. The van der Waals surface area contributed by atoms with Crippen molar-refractivity contribution in [2.75, 3.05) is 13.2 Å². The summed E-state index contributed by atoms with van der Waals surface area (Å²) in [5, 5.41) is 8.77. The van der Waals surface area contributed by atoms with Gasteiger partial charge in [-0.3, -0.25) is 4.79 Å². The zero-order valence-corrected chi connectivity index (χ0v) is 12.9. The summed E-state index contributed by atoms with van der Waals surface area (Å²) in [6.07, 6.45) is 1.57. The highest BCUT2D eigenvalue weighted by atomic mass is 16.5. The van der Waals surface area contributed by atoms with Crippen LogP contribution < -0.4 is 0 Å². The molecule has 2 aromatic carbocycles. The molecule has 23 heavy (non-hydrogen) atoms. The monoisotopic (exact) mass is 310 g/mol. The second-order valence-corrected chi connectivity index (χ2v) is 5.09. The molecule has 0 bridgehead atoms. The molecule has 0 unspecified atom stereocenters. The highest BCUT2D eigenvalue weighted by Gasteiger charge is 2.13. The first-order valence-corrected chi connectivity index (χ1v) is 7.25. The second kappa shape index (κ2) is 8.06. The van der Waals surface area contributed by atoms with Crippen molar-refractivity contribution in [3.63, 3.8) is 0 Å². The average Bonchev–Trinajstić information content (AvgIpc) is 2.60. The molecule has 0 saturated carbocycles. The summed E-state index contributed by atoms with van der Waals surface area (Å²) in [5.41, 5.74) is 2.09. The van der Waals surface area contributed by atoms with Gasteiger partial charge in [0, 0.05) is 11.1 Å². The number of rotatable bonds is 6. The molecule has 0 aliphatic rings. The van der Waals surface area contributed by atoms with Crippen LogP contribution in [0.1, 0.15) is 33.2 Å². The van der Waals surface area contributed by atoms with E-state index in [0.29, 0.717) is 16.7 Å². The van der Waals surface area contributed by atoms with Crippen LogP contribution in [-0.4, -0.2) is 30.1 Å². The number of ether oxygens (including phenoxy) is 1. The van der Waals surface area contributed by atoms with E-state index in [1.807, 2.05) is 6.07 Å². The van der Waals surface area contributed by atoms with E-state index in [9.17, 15) is 9.59 Å². The van der Waals surface area contributed by atoms with Gasteiger partial charge in [-0.15, -0.1) is 0 Å². The van der Waals surface area contributed by atoms with E-state index in [1.54, 1.807) is 55.5 Å². The standard InChI is InChI=1S/C19H18O4/c1-14(10-11-20)13-23-19(22)17-9-5-8-16(12-17)18(21)15-6-3-2-4-7-15/h2-10,12,20H,11,13H2,1H3/b14-10+. The predicted octanol–water partition coefficient (Wildman–Crippen LogP) is 3.01. The molecule has 0 spiro atoms. The summed E-state index contributed by atoms with van der Waals surface area (Å²) >= 11 is 0. The maximum atomic E-state index is 12.4. The highest BCUT2D eigenvalue weighted by molar-refractivity contribution is 6.09. The Bertz CT molecular complexity index is 717. The third-order valence-corrected chi connectivity index (χ3v) is 3.27. The molecule has 0 aromatic heterocycles. The minimum absolute atomic E-state index is 0.0928. The zero-order valence-electron chi connectivity index (χ0n) is 12.9. The number of ketones is 1. The fourth-order valence-electron chi connectivity index (χ4n) is 2.02. The van der Waals surface area contributed by atoms with Crippen molar-refractivity contribution in [2.24, 2.45) is 0 Å². The summed E-state index contributed by atoms with van der Waals surface area (Å²) in [4.78, 5) is 24.4. The topological polar surface area (TPSA) is 63.6 Å². The number of hydrogen-bond acceptors (Lipinski definition) is 4. The first-order valence-electron chi connectivity index (χ1n) is 7.25. The number of aliphatic hydroxyl groups is 1. The van der Waals surface area contributed by atoms with Gasteiger partial charge in [0.15, 0.2) is 5.78 Å². The van der Waals surface area contributed by atoms with Crippen molar-refractivity contribution < 1.29 is 19.4 Å². The Morgan fingerprint density at radius 3 is 2.35 bits per heavy atom. The Kier molecular flexibility index (Phi) is 5.83. The van der Waals surface area contributed by atoms with Crippen molar-refractivity contribution in [2.45, 2.75) is 6.92 Å². The number of carbonyl (C=O) groups excluding carboxylic acids is 2. The van der Waals surface area contributed by atoms with Crippen LogP contribution in [0, 0.1) is 0 Å². The molecule has 1 N–H and O–H groups in total. The molecular formula is C19H18O4. The SMILES string of the molecule is C/C(=C\CO)COC(=O)c1cccc(C(=O)c2ccccc2)c1. The van der Waals surface area contributed by atoms with Gasteiger partial charge in [-0.1, -0.05) is 48.5 Å². The third kappa shape index (κ3) is 4.63. The Hall–Kier alpha value is -2.72. The van der Waals surface area contributed by atoms with Crippen molar-refractivity contribution in [1.29, 1.82) is 0 Å². The Morgan fingerprint density at radius 2 is 1.65 bits per heavy atom. The Labute approximate surface area is 135 Å². The van der Waals surface area contributed by atoms with Crippen molar-refractivity contribution >= 4 is 11.8 Å². The summed E-state index contributed by atoms with van der Waals surface area (Å²) in [6, 6.07) is 15.4. The molecule has 2 aromatic rings. The lowest BCUT2D eigenvalue weighted by Crippen LogP contribution is -2.09. The van der Waals surface area contributed by atoms with E-state index in [4.69, 9.17) is 9.84 Å². The van der Waals surface area contributed by atoms with Gasteiger partial charge < -0.3 is 9.84 Å². The van der Waals surface area contributed by atoms with E-state index in [1.165, 1.54) is 6.07 Å². The van der Waals surface area contributed by atoms with Gasteiger partial charge in [-0.25, -0.2) is 4.79 Å². The smallest absolute Gasteiger partial charge is 0.338 e. The molecule has 0 aliphatic carbocycles. The Morgan fingerprint density at radius 1 is 1.00 bits per heavy atom. The molecule has 118 valence electrons. The van der Waals surface area contributed by atoms with Crippen LogP contribution in [-0.2, 0) is 4.74 Å². The minimum Gasteiger partial charge on any atom is -0.458 e. The number of aliphatic hydroxyl groups excluding tert-OH is 1. The zero-order chi connectivity index (χ0) is 16.7. The fourth-order valence-corrected chi connectivity index (χ4v) is 2.02. The first kappa shape index (κ1) is 16.6. The lowest BCUT2D eigenvalue weighted by molar-refractivity contribution is 0.0539. The number of benzene rings is 2. The summed E-state index contributed by atoms with van der Waals surface area (Å²) in [6.45, 7) is 1.78. The van der Waals surface area contributed by atoms with Gasteiger partial charge in [-0.2, -0.15) is 0 Å². The molecule has 0 amide bonds. The van der Waals surface area contributed by atoms with Crippen LogP contribution in [0.25, 0.3) is 0 Å². The molecular weight excluding hydrogens is 292 g/mol. The van der Waals surface area contributed by atoms with Gasteiger partial charge in [0.05, 0.1) is 12.2 Å². The van der Waals surface area contributed by atoms with Crippen LogP contribution in [0.15, 0.2) is 66.2 Å². The maximum Gasteiger partial charge on any atom is 0.338 e.